The van der Waals surface area contributed by atoms with Crippen LogP contribution in [0.25, 0.3) is 0 Å². The first-order chi connectivity index (χ1) is 13.8. The second-order valence-electron chi connectivity index (χ2n) is 7.49. The topological polar surface area (TPSA) is 75.6 Å². The molecule has 154 valence electrons. The summed E-state index contributed by atoms with van der Waals surface area (Å²) in [4.78, 5) is 37.5. The molecule has 1 aromatic heterocycles. The van der Waals surface area contributed by atoms with Gasteiger partial charge in [-0.3, -0.25) is 4.79 Å². The Kier molecular flexibility index (Phi) is 6.15. The van der Waals surface area contributed by atoms with Crippen LogP contribution < -0.4 is 4.90 Å². The minimum absolute atomic E-state index is 0.178. The van der Waals surface area contributed by atoms with Gasteiger partial charge >= 0.3 is 5.97 Å². The lowest BCUT2D eigenvalue weighted by atomic mass is 9.90. The van der Waals surface area contributed by atoms with Gasteiger partial charge in [-0.15, -0.1) is 0 Å². The predicted octanol–water partition coefficient (Wildman–Crippen LogP) is 2.52. The van der Waals surface area contributed by atoms with Crippen LogP contribution in [0.5, 0.6) is 0 Å². The molecule has 1 aliphatic heterocycles. The molecule has 0 unspecified atom stereocenters. The second-order valence-corrected chi connectivity index (χ2v) is 7.49. The SMILES string of the molecule is Cc1c(C)c(C)c(C(=O)OCC(=O)N2CCN(c3ncccn3)CC2)c(C)c1C. The third-order valence-corrected chi connectivity index (χ3v) is 6.00. The molecule has 0 saturated carbocycles. The molecule has 2 aromatic rings. The molecule has 1 fully saturated rings. The quantitative estimate of drug-likeness (QED) is 0.740. The van der Waals surface area contributed by atoms with Crippen LogP contribution in [0.4, 0.5) is 5.95 Å². The Morgan fingerprint density at radius 2 is 1.38 bits per heavy atom. The molecule has 3 rings (SSSR count). The fraction of sp³-hybridized carbons (Fsp3) is 0.455. The minimum Gasteiger partial charge on any atom is -0.452 e. The summed E-state index contributed by atoms with van der Waals surface area (Å²) in [6.45, 7) is 12.1. The lowest BCUT2D eigenvalue weighted by molar-refractivity contribution is -0.134. The molecule has 7 nitrogen and oxygen atoms in total. The predicted molar refractivity (Wildman–Crippen MR) is 111 cm³/mol. The number of esters is 1. The van der Waals surface area contributed by atoms with Crippen molar-refractivity contribution in [2.45, 2.75) is 34.6 Å². The van der Waals surface area contributed by atoms with Gasteiger partial charge in [-0.2, -0.15) is 0 Å². The normalized spacial score (nSPS) is 14.1. The van der Waals surface area contributed by atoms with Gasteiger partial charge in [-0.05, 0) is 68.5 Å². The maximum atomic E-state index is 12.7. The van der Waals surface area contributed by atoms with Crippen molar-refractivity contribution < 1.29 is 14.3 Å². The summed E-state index contributed by atoms with van der Waals surface area (Å²) in [5.41, 5.74) is 5.77. The van der Waals surface area contributed by atoms with Gasteiger partial charge in [0.2, 0.25) is 5.95 Å². The minimum atomic E-state index is -0.434. The third kappa shape index (κ3) is 4.23. The number of ether oxygens (including phenoxy) is 1. The number of carbonyl (C=O) groups excluding carboxylic acids is 2. The first kappa shape index (κ1) is 20.8. The molecule has 0 atom stereocenters. The highest BCUT2D eigenvalue weighted by Gasteiger charge is 2.25. The summed E-state index contributed by atoms with van der Waals surface area (Å²) in [5.74, 6) is 0.0563. The van der Waals surface area contributed by atoms with Crippen LogP contribution >= 0.6 is 0 Å². The molecular weight excluding hydrogens is 368 g/mol. The average Bonchev–Trinajstić information content (AvgIpc) is 2.75. The van der Waals surface area contributed by atoms with Crippen molar-refractivity contribution in [1.29, 1.82) is 0 Å². The van der Waals surface area contributed by atoms with E-state index in [1.807, 2.05) is 32.6 Å². The zero-order chi connectivity index (χ0) is 21.1. The number of rotatable bonds is 4. The summed E-state index contributed by atoms with van der Waals surface area (Å²) in [5, 5.41) is 0. The van der Waals surface area contributed by atoms with Crippen LogP contribution in [0.1, 0.15) is 38.2 Å². The second kappa shape index (κ2) is 8.59. The number of carbonyl (C=O) groups is 2. The molecule has 1 aliphatic rings. The summed E-state index contributed by atoms with van der Waals surface area (Å²) >= 11 is 0. The van der Waals surface area contributed by atoms with E-state index in [1.54, 1.807) is 23.4 Å². The van der Waals surface area contributed by atoms with E-state index in [0.717, 1.165) is 22.3 Å². The van der Waals surface area contributed by atoms with Crippen molar-refractivity contribution in [3.05, 3.63) is 51.8 Å². The monoisotopic (exact) mass is 396 g/mol. The lowest BCUT2D eigenvalue weighted by Gasteiger charge is -2.34. The zero-order valence-corrected chi connectivity index (χ0v) is 17.8. The van der Waals surface area contributed by atoms with Gasteiger partial charge in [-0.1, -0.05) is 0 Å². The van der Waals surface area contributed by atoms with E-state index in [4.69, 9.17) is 4.74 Å². The van der Waals surface area contributed by atoms with Crippen LogP contribution in [0, 0.1) is 34.6 Å². The first-order valence-electron chi connectivity index (χ1n) is 9.85. The maximum Gasteiger partial charge on any atom is 0.339 e. The molecule has 0 radical (unpaired) electrons. The van der Waals surface area contributed by atoms with E-state index < -0.39 is 5.97 Å². The van der Waals surface area contributed by atoms with Gasteiger partial charge in [0.25, 0.3) is 5.91 Å². The van der Waals surface area contributed by atoms with E-state index in [2.05, 4.69) is 16.9 Å². The summed E-state index contributed by atoms with van der Waals surface area (Å²) in [7, 11) is 0. The van der Waals surface area contributed by atoms with Crippen LogP contribution in [0.3, 0.4) is 0 Å². The number of nitrogens with zero attached hydrogens (tertiary/aromatic N) is 4. The van der Waals surface area contributed by atoms with Gasteiger partial charge in [0.05, 0.1) is 5.56 Å². The van der Waals surface area contributed by atoms with Crippen LogP contribution in [-0.4, -0.2) is 59.5 Å². The van der Waals surface area contributed by atoms with Crippen LogP contribution in [-0.2, 0) is 9.53 Å². The average molecular weight is 396 g/mol. The first-order valence-corrected chi connectivity index (χ1v) is 9.85. The maximum absolute atomic E-state index is 12.7. The molecule has 0 spiro atoms. The Balaban J connectivity index is 1.59. The molecule has 0 N–H and O–H groups in total. The number of hydrogen-bond acceptors (Lipinski definition) is 6. The highest BCUT2D eigenvalue weighted by atomic mass is 16.5. The Labute approximate surface area is 171 Å². The van der Waals surface area contributed by atoms with E-state index >= 15 is 0 Å². The molecule has 0 aliphatic carbocycles. The number of benzene rings is 1. The Morgan fingerprint density at radius 3 is 1.93 bits per heavy atom. The molecular formula is C22H28N4O3. The number of aromatic nitrogens is 2. The highest BCUT2D eigenvalue weighted by Crippen LogP contribution is 2.26. The lowest BCUT2D eigenvalue weighted by Crippen LogP contribution is -2.50. The van der Waals surface area contributed by atoms with Crippen LogP contribution in [0.15, 0.2) is 18.5 Å². The Bertz CT molecular complexity index is 890. The summed E-state index contributed by atoms with van der Waals surface area (Å²) in [6.07, 6.45) is 3.41. The fourth-order valence-corrected chi connectivity index (χ4v) is 3.71. The van der Waals surface area contributed by atoms with Crippen molar-refractivity contribution in [3.8, 4) is 0 Å². The zero-order valence-electron chi connectivity index (χ0n) is 17.8. The van der Waals surface area contributed by atoms with Crippen molar-refractivity contribution in [2.75, 3.05) is 37.7 Å². The third-order valence-electron chi connectivity index (χ3n) is 6.00. The smallest absolute Gasteiger partial charge is 0.339 e. The Hall–Kier alpha value is -2.96. The number of anilines is 1. The molecule has 1 amide bonds. The van der Waals surface area contributed by atoms with Crippen molar-refractivity contribution in [1.82, 2.24) is 14.9 Å². The van der Waals surface area contributed by atoms with E-state index in [0.29, 0.717) is 37.7 Å². The van der Waals surface area contributed by atoms with Gasteiger partial charge < -0.3 is 14.5 Å². The van der Waals surface area contributed by atoms with Gasteiger partial charge in [0.1, 0.15) is 0 Å². The van der Waals surface area contributed by atoms with Crippen molar-refractivity contribution in [3.63, 3.8) is 0 Å². The molecule has 2 heterocycles. The molecule has 7 heteroatoms. The molecule has 1 saturated heterocycles. The highest BCUT2D eigenvalue weighted by molar-refractivity contribution is 5.95. The Morgan fingerprint density at radius 1 is 0.862 bits per heavy atom. The summed E-state index contributed by atoms with van der Waals surface area (Å²) in [6, 6.07) is 1.78. The van der Waals surface area contributed by atoms with E-state index in [-0.39, 0.29) is 12.5 Å². The van der Waals surface area contributed by atoms with Crippen molar-refractivity contribution in [2.24, 2.45) is 0 Å². The largest absolute Gasteiger partial charge is 0.452 e. The van der Waals surface area contributed by atoms with E-state index in [1.165, 1.54) is 5.56 Å². The van der Waals surface area contributed by atoms with Crippen LogP contribution in [0.2, 0.25) is 0 Å². The molecule has 0 bridgehead atoms. The number of hydrogen-bond donors (Lipinski definition) is 0. The van der Waals surface area contributed by atoms with E-state index in [9.17, 15) is 9.59 Å². The molecule has 29 heavy (non-hydrogen) atoms. The standard InChI is InChI=1S/C22H28N4O3/c1-14-15(2)17(4)20(18(5)16(14)3)21(28)29-13-19(27)25-9-11-26(12-10-25)22-23-7-6-8-24-22/h6-8H,9-13H2,1-5H3. The van der Waals surface area contributed by atoms with Gasteiger partial charge in [-0.25, -0.2) is 14.8 Å². The molecule has 1 aromatic carbocycles. The fourth-order valence-electron chi connectivity index (χ4n) is 3.71. The van der Waals surface area contributed by atoms with Gasteiger partial charge in [0, 0.05) is 38.6 Å². The van der Waals surface area contributed by atoms with Crippen molar-refractivity contribution >= 4 is 17.8 Å². The number of amides is 1. The summed E-state index contributed by atoms with van der Waals surface area (Å²) < 4.78 is 5.40. The van der Waals surface area contributed by atoms with Gasteiger partial charge in [0.15, 0.2) is 6.61 Å². The number of piperazine rings is 1.